The van der Waals surface area contributed by atoms with Gasteiger partial charge in [-0.15, -0.1) is 11.8 Å². The first-order chi connectivity index (χ1) is 20.9. The van der Waals surface area contributed by atoms with Crippen molar-refractivity contribution < 1.29 is 32.2 Å². The Bertz CT molecular complexity index is 1400. The first kappa shape index (κ1) is 33.2. The first-order valence-electron chi connectivity index (χ1n) is 14.0. The standard InChI is InChI=1S/C29H38F3N7O4S/c1-8-19(40)26-27(29(30,31)32)33-24(17-44-26)38(4)28-34-22(15-23(35-28)39-11-9-36(2)10-12-39)37(3)16-18-13-20(41-5)25(43-7)21(14-18)42-6/h13-15H,8-12,16-17H2,1-7H3. The molecule has 1 fully saturated rings. The second-order valence-corrected chi connectivity index (χ2v) is 11.4. The van der Waals surface area contributed by atoms with Crippen LogP contribution in [0.1, 0.15) is 18.9 Å². The van der Waals surface area contributed by atoms with Crippen molar-refractivity contribution in [2.75, 3.05) is 89.1 Å². The lowest BCUT2D eigenvalue weighted by atomic mass is 10.1. The van der Waals surface area contributed by atoms with Crippen molar-refractivity contribution in [2.24, 2.45) is 4.99 Å². The molecule has 0 amide bonds. The number of aliphatic imine (C=N–C) groups is 1. The Kier molecular flexibility index (Phi) is 10.5. The van der Waals surface area contributed by atoms with Crippen LogP contribution in [0.4, 0.5) is 30.8 Å². The number of ketones is 1. The number of aromatic nitrogens is 2. The van der Waals surface area contributed by atoms with Crippen LogP contribution in [0.25, 0.3) is 0 Å². The van der Waals surface area contributed by atoms with E-state index in [4.69, 9.17) is 24.2 Å². The van der Waals surface area contributed by atoms with Gasteiger partial charge in [-0.2, -0.15) is 23.1 Å². The number of piperazine rings is 1. The SMILES string of the molecule is CCC(=O)C1=C(C(F)(F)F)N=C(N(C)c2nc(N(C)Cc3cc(OC)c(OC)c(OC)c3)cc(N3CCN(C)CC3)n2)CS1. The number of rotatable bonds is 10. The van der Waals surface area contributed by atoms with E-state index in [-0.39, 0.29) is 28.9 Å². The largest absolute Gasteiger partial charge is 0.493 e. The molecular formula is C29H38F3N7O4S. The molecule has 1 aromatic heterocycles. The molecule has 4 rings (SSSR count). The van der Waals surface area contributed by atoms with Crippen molar-refractivity contribution in [3.63, 3.8) is 0 Å². The zero-order valence-corrected chi connectivity index (χ0v) is 26.8. The van der Waals surface area contributed by atoms with Gasteiger partial charge in [0, 0.05) is 59.3 Å². The second-order valence-electron chi connectivity index (χ2n) is 10.4. The van der Waals surface area contributed by atoms with E-state index in [1.165, 1.54) is 18.9 Å². The van der Waals surface area contributed by atoms with Crippen molar-refractivity contribution in [2.45, 2.75) is 26.1 Å². The van der Waals surface area contributed by atoms with E-state index in [1.54, 1.807) is 21.3 Å². The maximum atomic E-state index is 14.0. The van der Waals surface area contributed by atoms with Crippen LogP contribution in [0.15, 0.2) is 33.8 Å². The Hall–Kier alpha value is -3.72. The molecule has 0 aliphatic carbocycles. The summed E-state index contributed by atoms with van der Waals surface area (Å²) >= 11 is 0.838. The zero-order chi connectivity index (χ0) is 32.2. The van der Waals surface area contributed by atoms with Crippen LogP contribution in [0.3, 0.4) is 0 Å². The number of thioether (sulfide) groups is 1. The second kappa shape index (κ2) is 13.9. The minimum atomic E-state index is -4.78. The highest BCUT2D eigenvalue weighted by Crippen LogP contribution is 2.40. The van der Waals surface area contributed by atoms with Gasteiger partial charge in [0.15, 0.2) is 23.0 Å². The van der Waals surface area contributed by atoms with Crippen LogP contribution in [0.5, 0.6) is 17.2 Å². The molecule has 0 unspecified atom stereocenters. The van der Waals surface area contributed by atoms with Gasteiger partial charge in [-0.1, -0.05) is 6.92 Å². The number of methoxy groups -OCH3 is 3. The summed E-state index contributed by atoms with van der Waals surface area (Å²) in [5, 5.41) is 0. The Balaban J connectivity index is 1.74. The van der Waals surface area contributed by atoms with E-state index in [1.807, 2.05) is 30.1 Å². The third-order valence-corrected chi connectivity index (χ3v) is 8.49. The summed E-state index contributed by atoms with van der Waals surface area (Å²) in [5.74, 6) is 2.49. The van der Waals surface area contributed by atoms with Gasteiger partial charge in [-0.25, -0.2) is 4.99 Å². The molecule has 44 heavy (non-hydrogen) atoms. The van der Waals surface area contributed by atoms with E-state index in [9.17, 15) is 18.0 Å². The molecule has 3 heterocycles. The number of halogens is 3. The number of hydrogen-bond acceptors (Lipinski definition) is 12. The highest BCUT2D eigenvalue weighted by molar-refractivity contribution is 8.04. The average Bonchev–Trinajstić information content (AvgIpc) is 3.02. The van der Waals surface area contributed by atoms with Crippen molar-refractivity contribution >= 4 is 41.0 Å². The minimum Gasteiger partial charge on any atom is -0.493 e. The van der Waals surface area contributed by atoms with E-state index < -0.39 is 17.7 Å². The lowest BCUT2D eigenvalue weighted by Gasteiger charge is -2.34. The van der Waals surface area contributed by atoms with Gasteiger partial charge in [0.2, 0.25) is 11.7 Å². The van der Waals surface area contributed by atoms with E-state index in [0.717, 1.165) is 43.5 Å². The van der Waals surface area contributed by atoms with Crippen LogP contribution >= 0.6 is 11.8 Å². The molecule has 0 bridgehead atoms. The summed E-state index contributed by atoms with van der Waals surface area (Å²) < 4.78 is 58.4. The smallest absolute Gasteiger partial charge is 0.434 e. The average molecular weight is 638 g/mol. The number of nitrogens with zero attached hydrogens (tertiary/aromatic N) is 7. The van der Waals surface area contributed by atoms with E-state index in [0.29, 0.717) is 35.4 Å². The quantitative estimate of drug-likeness (QED) is 0.375. The highest BCUT2D eigenvalue weighted by atomic mass is 32.2. The van der Waals surface area contributed by atoms with Crippen molar-refractivity contribution in [3.8, 4) is 17.2 Å². The Morgan fingerprint density at radius 2 is 1.64 bits per heavy atom. The van der Waals surface area contributed by atoms with Gasteiger partial charge in [0.1, 0.15) is 17.5 Å². The Morgan fingerprint density at radius 3 is 2.18 bits per heavy atom. The zero-order valence-electron chi connectivity index (χ0n) is 26.0. The first-order valence-corrected chi connectivity index (χ1v) is 15.0. The van der Waals surface area contributed by atoms with Crippen LogP contribution in [0.2, 0.25) is 0 Å². The van der Waals surface area contributed by atoms with Gasteiger partial charge < -0.3 is 33.8 Å². The Labute approximate surface area is 259 Å². The maximum Gasteiger partial charge on any atom is 0.434 e. The predicted molar refractivity (Wildman–Crippen MR) is 167 cm³/mol. The number of benzene rings is 1. The lowest BCUT2D eigenvalue weighted by molar-refractivity contribution is -0.116. The number of amidine groups is 1. The molecule has 2 aliphatic heterocycles. The lowest BCUT2D eigenvalue weighted by Crippen LogP contribution is -2.45. The molecule has 2 aromatic rings. The van der Waals surface area contributed by atoms with Crippen molar-refractivity contribution in [1.29, 1.82) is 0 Å². The van der Waals surface area contributed by atoms with Gasteiger partial charge >= 0.3 is 6.18 Å². The molecule has 0 radical (unpaired) electrons. The number of anilines is 3. The number of carbonyl (C=O) groups excluding carboxylic acids is 1. The molecule has 240 valence electrons. The molecule has 2 aliphatic rings. The number of likely N-dealkylation sites (N-methyl/N-ethyl adjacent to an activating group) is 1. The molecule has 1 saturated heterocycles. The molecule has 0 atom stereocenters. The normalized spacial score (nSPS) is 16.0. The Morgan fingerprint density at radius 1 is 1.00 bits per heavy atom. The van der Waals surface area contributed by atoms with Crippen LogP contribution in [-0.4, -0.2) is 107 Å². The predicted octanol–water partition coefficient (Wildman–Crippen LogP) is 4.23. The third-order valence-electron chi connectivity index (χ3n) is 7.38. The summed E-state index contributed by atoms with van der Waals surface area (Å²) in [7, 11) is 10.1. The maximum absolute atomic E-state index is 14.0. The van der Waals surface area contributed by atoms with Crippen LogP contribution in [0, 0.1) is 0 Å². The van der Waals surface area contributed by atoms with Gasteiger partial charge in [-0.3, -0.25) is 4.79 Å². The molecule has 0 N–H and O–H groups in total. The summed E-state index contributed by atoms with van der Waals surface area (Å²) in [6, 6.07) is 5.57. The van der Waals surface area contributed by atoms with E-state index in [2.05, 4.69) is 21.8 Å². The number of alkyl halides is 3. The number of ether oxygens (including phenoxy) is 3. The molecular weight excluding hydrogens is 599 g/mol. The fraction of sp³-hybridized carbons (Fsp3) is 0.517. The van der Waals surface area contributed by atoms with Crippen molar-refractivity contribution in [1.82, 2.24) is 14.9 Å². The number of carbonyl (C=O) groups is 1. The summed E-state index contributed by atoms with van der Waals surface area (Å²) in [4.78, 5) is 33.1. The van der Waals surface area contributed by atoms with Crippen LogP contribution < -0.4 is 28.9 Å². The fourth-order valence-corrected chi connectivity index (χ4v) is 5.94. The number of hydrogen-bond donors (Lipinski definition) is 0. The summed E-state index contributed by atoms with van der Waals surface area (Å²) in [5.41, 5.74) is -0.324. The topological polar surface area (TPSA) is 95.9 Å². The highest BCUT2D eigenvalue weighted by Gasteiger charge is 2.41. The molecule has 0 spiro atoms. The summed E-state index contributed by atoms with van der Waals surface area (Å²) in [6.45, 7) is 5.06. The van der Waals surface area contributed by atoms with Crippen molar-refractivity contribution in [3.05, 3.63) is 34.4 Å². The fourth-order valence-electron chi connectivity index (χ4n) is 4.80. The molecule has 15 heteroatoms. The third kappa shape index (κ3) is 7.32. The molecule has 0 saturated carbocycles. The van der Waals surface area contributed by atoms with Gasteiger partial charge in [0.05, 0.1) is 32.0 Å². The van der Waals surface area contributed by atoms with E-state index >= 15 is 0 Å². The molecule has 11 nitrogen and oxygen atoms in total. The number of allylic oxidation sites excluding steroid dienone is 2. The van der Waals surface area contributed by atoms with Gasteiger partial charge in [-0.05, 0) is 24.7 Å². The molecule has 1 aromatic carbocycles. The minimum absolute atomic E-state index is 0.0412. The summed E-state index contributed by atoms with van der Waals surface area (Å²) in [6.07, 6.45) is -4.82. The number of Topliss-reactive ketones (excluding diaryl/α,β-unsaturated/α-hetero) is 1. The van der Waals surface area contributed by atoms with Gasteiger partial charge in [0.25, 0.3) is 0 Å². The monoisotopic (exact) mass is 637 g/mol. The van der Waals surface area contributed by atoms with Crippen LogP contribution in [-0.2, 0) is 11.3 Å².